The fraction of sp³-hybridized carbons (Fsp3) is 0.500. The Kier molecular flexibility index (Phi) is 18.9. The summed E-state index contributed by atoms with van der Waals surface area (Å²) in [7, 11) is -7.10. The number of benzene rings is 2. The highest BCUT2D eigenvalue weighted by atomic mass is 127. The Morgan fingerprint density at radius 1 is 0.667 bits per heavy atom. The smallest absolute Gasteiger partial charge is 0.258 e. The summed E-state index contributed by atoms with van der Waals surface area (Å²) in [5.74, 6) is 0.676. The van der Waals surface area contributed by atoms with E-state index in [1.165, 1.54) is 38.5 Å². The number of aliphatic hydroxyl groups is 2. The lowest BCUT2D eigenvalue weighted by Crippen LogP contribution is -2.35. The monoisotopic (exact) mass is 1100 g/mol. The number of amides is 2. The van der Waals surface area contributed by atoms with Gasteiger partial charge in [-0.2, -0.15) is 9.97 Å². The van der Waals surface area contributed by atoms with Gasteiger partial charge in [-0.15, -0.1) is 0 Å². The summed E-state index contributed by atoms with van der Waals surface area (Å²) in [4.78, 5) is 39.5. The summed E-state index contributed by atoms with van der Waals surface area (Å²) in [6, 6.07) is 21.6. The normalized spacial score (nSPS) is 16.6. The van der Waals surface area contributed by atoms with Gasteiger partial charge >= 0.3 is 0 Å². The number of piperidine rings is 2. The summed E-state index contributed by atoms with van der Waals surface area (Å²) in [6.45, 7) is 8.02. The molecule has 0 bridgehead atoms. The van der Waals surface area contributed by atoms with E-state index in [-0.39, 0.29) is 23.3 Å². The van der Waals surface area contributed by atoms with Crippen LogP contribution in [0.15, 0.2) is 72.8 Å². The van der Waals surface area contributed by atoms with E-state index in [0.29, 0.717) is 69.9 Å². The third kappa shape index (κ3) is 16.4. The number of aliphatic hydroxyl groups excluding tert-OH is 2. The number of primary sulfonamides is 1. The van der Waals surface area contributed by atoms with Gasteiger partial charge in [0.25, 0.3) is 11.8 Å². The Hall–Kier alpha value is -4.81. The number of hydrogen-bond acceptors (Lipinski definition) is 14. The quantitative estimate of drug-likeness (QED) is 0.0574. The number of nitrogens with one attached hydrogen (secondary N) is 3. The van der Waals surface area contributed by atoms with E-state index in [1.54, 1.807) is 42.5 Å². The van der Waals surface area contributed by atoms with Crippen molar-refractivity contribution < 1.29 is 46.1 Å². The number of nitrogens with two attached hydrogens (primary N) is 1. The van der Waals surface area contributed by atoms with Crippen LogP contribution in [0.4, 0.5) is 28.7 Å². The third-order valence-electron chi connectivity index (χ3n) is 12.5. The molecule has 2 amide bonds. The second kappa shape index (κ2) is 24.3. The molecule has 18 nitrogen and oxygen atoms in total. The maximum Gasteiger partial charge on any atom is 0.258 e. The first-order valence-electron chi connectivity index (χ1n) is 23.5. The Bertz CT molecular complexity index is 2600. The molecule has 2 aromatic heterocycles. The van der Waals surface area contributed by atoms with Gasteiger partial charge in [0.05, 0.1) is 66.1 Å². The minimum absolute atomic E-state index is 0.127. The second-order valence-electron chi connectivity index (χ2n) is 17.9. The molecule has 8 rings (SSSR count). The molecule has 2 saturated heterocycles. The maximum atomic E-state index is 13.3. The topological polar surface area (TPSA) is 256 Å². The van der Waals surface area contributed by atoms with Crippen molar-refractivity contribution in [2.45, 2.75) is 78.1 Å². The molecule has 4 aliphatic rings. The van der Waals surface area contributed by atoms with Gasteiger partial charge < -0.3 is 40.1 Å². The van der Waals surface area contributed by atoms with Gasteiger partial charge in [-0.3, -0.25) is 14.3 Å². The number of pyridine rings is 2. The summed E-state index contributed by atoms with van der Waals surface area (Å²) in [5.41, 5.74) is 4.28. The molecule has 0 radical (unpaired) electrons. The number of hydrogen-bond donors (Lipinski definition) is 6. The number of rotatable bonds is 18. The van der Waals surface area contributed by atoms with E-state index in [0.717, 1.165) is 61.1 Å². The van der Waals surface area contributed by atoms with Crippen molar-refractivity contribution in [3.63, 3.8) is 0 Å². The zero-order chi connectivity index (χ0) is 49.7. The van der Waals surface area contributed by atoms with Crippen molar-refractivity contribution in [3.8, 4) is 11.8 Å². The highest BCUT2D eigenvalue weighted by Crippen LogP contribution is 2.55. The van der Waals surface area contributed by atoms with Gasteiger partial charge in [0.15, 0.2) is 0 Å². The van der Waals surface area contributed by atoms with Crippen LogP contribution in [-0.4, -0.2) is 113 Å². The van der Waals surface area contributed by atoms with Crippen LogP contribution < -0.4 is 39.8 Å². The van der Waals surface area contributed by atoms with E-state index >= 15 is 0 Å². The molecule has 7 N–H and O–H groups in total. The predicted molar refractivity (Wildman–Crippen MR) is 277 cm³/mol. The zero-order valence-corrected chi connectivity index (χ0v) is 43.1. The summed E-state index contributed by atoms with van der Waals surface area (Å²) >= 11 is 2.31. The second-order valence-corrected chi connectivity index (χ2v) is 22.8. The maximum absolute atomic E-state index is 13.3. The Morgan fingerprint density at radius 2 is 1.12 bits per heavy atom. The Morgan fingerprint density at radius 3 is 1.52 bits per heavy atom. The van der Waals surface area contributed by atoms with E-state index in [9.17, 15) is 26.4 Å². The van der Waals surface area contributed by atoms with Crippen LogP contribution >= 0.6 is 22.6 Å². The van der Waals surface area contributed by atoms with Crippen molar-refractivity contribution in [3.05, 3.63) is 87.5 Å². The molecule has 69 heavy (non-hydrogen) atoms. The number of carbonyl (C=O) groups is 2. The van der Waals surface area contributed by atoms with Crippen LogP contribution in [-0.2, 0) is 20.0 Å². The van der Waals surface area contributed by atoms with Crippen LogP contribution in [0.1, 0.15) is 98.8 Å². The van der Waals surface area contributed by atoms with Crippen LogP contribution in [0.25, 0.3) is 0 Å². The number of carbonyl (C=O) groups excluding carboxylic acids is 2. The molecule has 0 unspecified atom stereocenters. The molecule has 2 saturated carbocycles. The van der Waals surface area contributed by atoms with Crippen LogP contribution in [0.2, 0.25) is 0 Å². The first kappa shape index (κ1) is 53.5. The van der Waals surface area contributed by atoms with Crippen molar-refractivity contribution in [2.75, 3.05) is 89.3 Å². The van der Waals surface area contributed by atoms with Gasteiger partial charge in [-0.25, -0.2) is 22.0 Å². The standard InChI is InChI=1S/C24H32N4O5S.C22H26IN3O2.C2H7NO3S/c1-2-15-33-22-5-3-4-21(25-22)26-23(30)19-7-6-18(27-34(31,32)16-14-29)17-20(19)28-12-10-24(8-9-24)11-13-28;1-2-14-28-20-5-3-4-19(24-20)25-21(27)17-7-6-16(23)15-18(17)26-12-10-22(8-9-22)11-13-26;3-7(5,6)2-1-4/h3-7,17,27,29H,2,8-16H2,1H3,(H,25,26,30);3-7,15H,2,8-14H2,1H3,(H,24,25,27);4H,1-2H2,(H2,3,5,6). The number of sulfonamides is 2. The highest BCUT2D eigenvalue weighted by Gasteiger charge is 2.45. The fourth-order valence-electron chi connectivity index (χ4n) is 8.19. The van der Waals surface area contributed by atoms with Crippen LogP contribution in [0.5, 0.6) is 11.8 Å². The van der Waals surface area contributed by atoms with Gasteiger partial charge in [-0.05, 0) is 146 Å². The lowest BCUT2D eigenvalue weighted by atomic mass is 9.93. The van der Waals surface area contributed by atoms with Crippen LogP contribution in [0.3, 0.4) is 0 Å². The molecular formula is C48H65IN8O10S2. The average Bonchev–Trinajstić information content (AvgIpc) is 4.26. The molecule has 4 heterocycles. The van der Waals surface area contributed by atoms with E-state index in [2.05, 4.69) is 75.8 Å². The highest BCUT2D eigenvalue weighted by molar-refractivity contribution is 14.1. The van der Waals surface area contributed by atoms with Crippen molar-refractivity contribution in [2.24, 2.45) is 16.0 Å². The van der Waals surface area contributed by atoms with Crippen molar-refractivity contribution in [1.29, 1.82) is 0 Å². The molecule has 2 spiro atoms. The molecule has 0 atom stereocenters. The van der Waals surface area contributed by atoms with E-state index in [1.807, 2.05) is 31.2 Å². The number of anilines is 5. The summed E-state index contributed by atoms with van der Waals surface area (Å²) in [6.07, 6.45) is 11.6. The lowest BCUT2D eigenvalue weighted by Gasteiger charge is -2.35. The van der Waals surface area contributed by atoms with Gasteiger partial charge in [0.1, 0.15) is 11.6 Å². The Balaban J connectivity index is 0.000000202. The number of aromatic nitrogens is 2. The number of halogens is 1. The molecule has 4 fully saturated rings. The third-order valence-corrected chi connectivity index (χ3v) is 15.2. The molecular weight excluding hydrogens is 1040 g/mol. The van der Waals surface area contributed by atoms with Gasteiger partial charge in [0.2, 0.25) is 31.8 Å². The van der Waals surface area contributed by atoms with Gasteiger partial charge in [0, 0.05) is 41.9 Å². The number of ether oxygens (including phenoxy) is 2. The minimum atomic E-state index is -3.68. The summed E-state index contributed by atoms with van der Waals surface area (Å²) < 4.78 is 58.8. The fourth-order valence-corrected chi connectivity index (χ4v) is 9.75. The first-order chi connectivity index (χ1) is 33.0. The molecule has 2 aliphatic carbocycles. The molecule has 21 heteroatoms. The molecule has 2 aliphatic heterocycles. The Labute approximate surface area is 419 Å². The van der Waals surface area contributed by atoms with Gasteiger partial charge in [-0.1, -0.05) is 26.0 Å². The minimum Gasteiger partial charge on any atom is -0.478 e. The van der Waals surface area contributed by atoms with Crippen molar-refractivity contribution >= 4 is 83.1 Å². The molecule has 376 valence electrons. The lowest BCUT2D eigenvalue weighted by molar-refractivity contribution is 0.101. The van der Waals surface area contributed by atoms with E-state index < -0.39 is 33.3 Å². The SMILES string of the molecule is CCCOc1cccc(NC(=O)c2ccc(I)cc2N2CCC3(CC2)CC3)n1.CCCOc1cccc(NC(=O)c2ccc(NS(=O)(=O)CCO)cc2N2CCC3(CC2)CC3)n1.NS(=O)(=O)CCO. The first-order valence-corrected chi connectivity index (χ1v) is 27.9. The predicted octanol–water partition coefficient (Wildman–Crippen LogP) is 6.61. The van der Waals surface area contributed by atoms with Crippen LogP contribution in [0, 0.1) is 14.4 Å². The van der Waals surface area contributed by atoms with Crippen molar-refractivity contribution in [1.82, 2.24) is 9.97 Å². The largest absolute Gasteiger partial charge is 0.478 e. The summed E-state index contributed by atoms with van der Waals surface area (Å²) in [5, 5.41) is 27.2. The average molecular weight is 1110 g/mol. The molecule has 2 aromatic carbocycles. The number of nitrogens with zero attached hydrogens (tertiary/aromatic N) is 4. The molecule has 4 aromatic rings. The van der Waals surface area contributed by atoms with E-state index in [4.69, 9.17) is 19.7 Å². The zero-order valence-electron chi connectivity index (χ0n) is 39.3.